The van der Waals surface area contributed by atoms with E-state index >= 15 is 0 Å². The maximum absolute atomic E-state index is 10.6. The number of rotatable bonds is 0. The van der Waals surface area contributed by atoms with Gasteiger partial charge < -0.3 is 16.8 Å². The van der Waals surface area contributed by atoms with Crippen molar-refractivity contribution < 1.29 is 87.9 Å². The Balaban J connectivity index is -0.0000000800. The van der Waals surface area contributed by atoms with Crippen LogP contribution >= 0.6 is 0 Å². The van der Waals surface area contributed by atoms with Gasteiger partial charge in [0.1, 0.15) is 0 Å². The molecule has 4 nitrogen and oxygen atoms in total. The van der Waals surface area contributed by atoms with Crippen LogP contribution in [-0.4, -0.2) is 11.0 Å². The molecular formula is C2Ag2F6O4S2-2. The van der Waals surface area contributed by atoms with E-state index in [9.17, 15) is 26.3 Å². The number of alkyl halides is 6. The molecule has 0 saturated carbocycles. The molecule has 0 fully saturated rings. The largest absolute Gasteiger partial charge is 0.416 e. The molecule has 0 aromatic carbocycles. The van der Waals surface area contributed by atoms with E-state index in [0.29, 0.717) is 0 Å². The first-order valence-electron chi connectivity index (χ1n) is 2.21. The van der Waals surface area contributed by atoms with E-state index in [2.05, 4.69) is 0 Å². The fourth-order valence-corrected chi connectivity index (χ4v) is 0. The van der Waals surface area contributed by atoms with Crippen molar-refractivity contribution >= 4 is 21.4 Å². The Bertz CT molecular complexity index is 267. The Labute approximate surface area is 120 Å². The summed E-state index contributed by atoms with van der Waals surface area (Å²) in [6.07, 6.45) is 0. The third-order valence-corrected chi connectivity index (χ3v) is 1.13. The maximum atomic E-state index is 10.6. The minimum atomic E-state index is -5.08. The first-order chi connectivity index (χ1) is 5.89. The minimum Gasteiger partial charge on any atom is -0.416 e. The van der Waals surface area contributed by atoms with E-state index < -0.39 is 32.4 Å². The second kappa shape index (κ2) is 9.94. The molecule has 0 aliphatic carbocycles. The molecular weight excluding hydrogens is 482 g/mol. The average molecular weight is 482 g/mol. The molecule has 0 atom stereocenters. The summed E-state index contributed by atoms with van der Waals surface area (Å²) in [5.74, 6) is 0. The van der Waals surface area contributed by atoms with Gasteiger partial charge >= 0.3 is 11.0 Å². The van der Waals surface area contributed by atoms with Gasteiger partial charge in [-0.3, -0.25) is 0 Å². The van der Waals surface area contributed by atoms with Gasteiger partial charge in [-0.25, -0.2) is 0 Å². The Morgan fingerprint density at radius 2 is 0.625 bits per heavy atom. The smallest absolute Gasteiger partial charge is 0.373 e. The average Bonchev–Trinajstić information content (AvgIpc) is 1.83. The van der Waals surface area contributed by atoms with Crippen LogP contribution in [0.15, 0.2) is 0 Å². The third-order valence-electron chi connectivity index (χ3n) is 0.378. The zero-order valence-electron chi connectivity index (χ0n) is 6.32. The second-order valence-corrected chi connectivity index (χ2v) is 3.23. The van der Waals surface area contributed by atoms with Gasteiger partial charge in [-0.2, -0.15) is 26.3 Å². The Hall–Kier alpha value is 0.961. The molecule has 0 heterocycles. The monoisotopic (exact) mass is 480 g/mol. The van der Waals surface area contributed by atoms with Crippen LogP contribution in [0, 0.1) is 0 Å². The predicted octanol–water partition coefficient (Wildman–Crippen LogP) is 1.63. The summed E-state index contributed by atoms with van der Waals surface area (Å²) in [6, 6.07) is 0. The molecule has 0 aromatic heterocycles. The molecule has 0 aliphatic rings. The van der Waals surface area contributed by atoms with Gasteiger partial charge in [0.2, 0.25) is 0 Å². The van der Waals surface area contributed by atoms with Gasteiger partial charge in [0.15, 0.2) is 0 Å². The molecule has 110 valence electrons. The Kier molecular flexibility index (Phi) is 16.0. The van der Waals surface area contributed by atoms with Gasteiger partial charge in [0, 0.05) is 66.2 Å². The molecule has 0 amide bonds. The number of hydrogen-bond donors (Lipinski definition) is 0. The van der Waals surface area contributed by atoms with Crippen molar-refractivity contribution in [1.82, 2.24) is 0 Å². The zero-order valence-corrected chi connectivity index (χ0v) is 10.9. The Morgan fingerprint density at radius 1 is 0.562 bits per heavy atom. The fraction of sp³-hybridized carbons (Fsp3) is 1.00. The normalized spacial score (nSPS) is 11.0. The molecule has 0 aliphatic heterocycles. The fourth-order valence-electron chi connectivity index (χ4n) is 0. The molecule has 0 bridgehead atoms. The van der Waals surface area contributed by atoms with Crippen molar-refractivity contribution in [3.8, 4) is 0 Å². The van der Waals surface area contributed by atoms with Crippen molar-refractivity contribution in [1.29, 1.82) is 0 Å². The van der Waals surface area contributed by atoms with E-state index in [1.54, 1.807) is 0 Å². The summed E-state index contributed by atoms with van der Waals surface area (Å²) in [5.41, 5.74) is -10.2. The quantitative estimate of drug-likeness (QED) is 0.300. The number of hydrogen-bond acceptors (Lipinski definition) is 6. The molecule has 0 unspecified atom stereocenters. The first-order valence-corrected chi connectivity index (χ1v) is 4.36. The van der Waals surface area contributed by atoms with Crippen molar-refractivity contribution in [2.45, 2.75) is 11.0 Å². The van der Waals surface area contributed by atoms with Crippen molar-refractivity contribution in [3.63, 3.8) is 0 Å². The van der Waals surface area contributed by atoms with Crippen LogP contribution in [0.1, 0.15) is 0 Å². The molecule has 14 heteroatoms. The van der Waals surface area contributed by atoms with Crippen molar-refractivity contribution in [3.05, 3.63) is 0 Å². The predicted molar refractivity (Wildman–Crippen MR) is 29.6 cm³/mol. The van der Waals surface area contributed by atoms with Gasteiger partial charge in [0.25, 0.3) is 0 Å². The molecule has 0 saturated heterocycles. The van der Waals surface area contributed by atoms with Gasteiger partial charge in [-0.05, 0) is 0 Å². The van der Waals surface area contributed by atoms with Crippen LogP contribution in [0.4, 0.5) is 26.3 Å². The maximum Gasteiger partial charge on any atom is 0.373 e. The zero-order chi connectivity index (χ0) is 12.2. The molecule has 0 N–H and O–H groups in total. The van der Waals surface area contributed by atoms with E-state index in [4.69, 9.17) is 16.8 Å². The molecule has 0 rings (SSSR count). The summed E-state index contributed by atoms with van der Waals surface area (Å²) in [4.78, 5) is 0. The van der Waals surface area contributed by atoms with Crippen LogP contribution < -0.4 is 0 Å². The van der Waals surface area contributed by atoms with E-state index in [1.165, 1.54) is 0 Å². The molecule has 16 heavy (non-hydrogen) atoms. The van der Waals surface area contributed by atoms with Crippen LogP contribution in [0.25, 0.3) is 0 Å². The van der Waals surface area contributed by atoms with Gasteiger partial charge in [-0.1, -0.05) is 0 Å². The SMILES string of the molecule is O=[S-](=O)C(F)(F)F.O=[S-](=O)C(F)(F)F.[Ag].[Ag]. The first kappa shape index (κ1) is 25.7. The van der Waals surface area contributed by atoms with E-state index in [1.807, 2.05) is 0 Å². The second-order valence-electron chi connectivity index (χ2n) is 1.36. The molecule has 2 radical (unpaired) electrons. The van der Waals surface area contributed by atoms with Crippen molar-refractivity contribution in [2.24, 2.45) is 0 Å². The Morgan fingerprint density at radius 3 is 0.625 bits per heavy atom. The molecule has 0 aromatic rings. The summed E-state index contributed by atoms with van der Waals surface area (Å²) in [6.45, 7) is 0. The van der Waals surface area contributed by atoms with Crippen LogP contribution in [0.3, 0.4) is 0 Å². The molecule has 0 spiro atoms. The topological polar surface area (TPSA) is 68.3 Å². The van der Waals surface area contributed by atoms with Crippen LogP contribution in [0.2, 0.25) is 0 Å². The van der Waals surface area contributed by atoms with Crippen LogP contribution in [0.5, 0.6) is 0 Å². The third kappa shape index (κ3) is 17.4. The summed E-state index contributed by atoms with van der Waals surface area (Å²) < 4.78 is 99.0. The summed E-state index contributed by atoms with van der Waals surface area (Å²) in [7, 11) is -7.87. The van der Waals surface area contributed by atoms with Gasteiger partial charge in [0.05, 0.1) is 0 Å². The standard InChI is InChI=1S/2CF3O2S.2Ag/c2*2-1(3,4)7(5)6;;/q2*-1;;. The van der Waals surface area contributed by atoms with Crippen LogP contribution in [-0.2, 0) is 83.0 Å². The van der Waals surface area contributed by atoms with Gasteiger partial charge in [-0.15, -0.1) is 0 Å². The number of halogens is 6. The van der Waals surface area contributed by atoms with E-state index in [-0.39, 0.29) is 44.8 Å². The van der Waals surface area contributed by atoms with E-state index in [0.717, 1.165) is 0 Å². The summed E-state index contributed by atoms with van der Waals surface area (Å²) >= 11 is 0. The minimum absolute atomic E-state index is 0. The van der Waals surface area contributed by atoms with Crippen molar-refractivity contribution in [2.75, 3.05) is 0 Å². The summed E-state index contributed by atoms with van der Waals surface area (Å²) in [5, 5.41) is 0.